The van der Waals surface area contributed by atoms with Gasteiger partial charge in [0.15, 0.2) is 0 Å². The minimum Gasteiger partial charge on any atom is -0.458 e. The molecule has 1 atom stereocenters. The van der Waals surface area contributed by atoms with Crippen LogP contribution in [0.5, 0.6) is 17.5 Å². The van der Waals surface area contributed by atoms with Gasteiger partial charge in [0.05, 0.1) is 6.54 Å². The maximum atomic E-state index is 13.1. The van der Waals surface area contributed by atoms with Crippen molar-refractivity contribution in [2.75, 3.05) is 13.1 Å². The molecule has 1 fully saturated rings. The SMILES string of the molecule is CCc1cnc(OC2CCCN(C(=O)c3cccc(Oc4ccc(F)cc4)c3)C2)nc1. The Morgan fingerprint density at radius 1 is 1.13 bits per heavy atom. The molecule has 1 aliphatic rings. The van der Waals surface area contributed by atoms with Gasteiger partial charge < -0.3 is 14.4 Å². The molecule has 3 aromatic rings. The number of nitrogens with zero attached hydrogens (tertiary/aromatic N) is 3. The van der Waals surface area contributed by atoms with Crippen molar-refractivity contribution in [1.82, 2.24) is 14.9 Å². The molecule has 31 heavy (non-hydrogen) atoms. The van der Waals surface area contributed by atoms with Gasteiger partial charge in [-0.15, -0.1) is 0 Å². The maximum Gasteiger partial charge on any atom is 0.316 e. The highest BCUT2D eigenvalue weighted by Crippen LogP contribution is 2.24. The summed E-state index contributed by atoms with van der Waals surface area (Å²) in [4.78, 5) is 23.4. The lowest BCUT2D eigenvalue weighted by Crippen LogP contribution is -2.44. The molecule has 2 heterocycles. The number of halogens is 1. The first-order valence-electron chi connectivity index (χ1n) is 10.4. The number of ether oxygens (including phenoxy) is 2. The van der Waals surface area contributed by atoms with Gasteiger partial charge in [0, 0.05) is 24.5 Å². The minimum atomic E-state index is -0.329. The van der Waals surface area contributed by atoms with Crippen LogP contribution in [-0.4, -0.2) is 40.0 Å². The lowest BCUT2D eigenvalue weighted by molar-refractivity contribution is 0.0515. The molecular weight excluding hydrogens is 397 g/mol. The highest BCUT2D eigenvalue weighted by molar-refractivity contribution is 5.94. The lowest BCUT2D eigenvalue weighted by atomic mass is 10.1. The van der Waals surface area contributed by atoms with Gasteiger partial charge >= 0.3 is 6.01 Å². The van der Waals surface area contributed by atoms with E-state index >= 15 is 0 Å². The first kappa shape index (κ1) is 20.8. The van der Waals surface area contributed by atoms with Gasteiger partial charge in [-0.05, 0) is 67.3 Å². The number of aryl methyl sites for hydroxylation is 1. The molecule has 0 saturated carbocycles. The van der Waals surface area contributed by atoms with Crippen LogP contribution in [-0.2, 0) is 6.42 Å². The second-order valence-corrected chi connectivity index (χ2v) is 7.44. The van der Waals surface area contributed by atoms with Crippen molar-refractivity contribution >= 4 is 5.91 Å². The van der Waals surface area contributed by atoms with Crippen LogP contribution >= 0.6 is 0 Å². The molecule has 0 N–H and O–H groups in total. The van der Waals surface area contributed by atoms with E-state index in [1.807, 2.05) is 6.92 Å². The standard InChI is InChI=1S/C24H24FN3O3/c1-2-17-14-26-24(27-15-17)31-22-7-4-12-28(16-22)23(29)18-5-3-6-21(13-18)30-20-10-8-19(25)9-11-20/h3,5-6,8-11,13-15,22H,2,4,7,12,16H2,1H3. The number of amides is 1. The van der Waals surface area contributed by atoms with Gasteiger partial charge in [0.25, 0.3) is 5.91 Å². The van der Waals surface area contributed by atoms with E-state index in [9.17, 15) is 9.18 Å². The molecule has 1 unspecified atom stereocenters. The molecule has 1 amide bonds. The molecule has 0 aliphatic carbocycles. The molecule has 1 saturated heterocycles. The van der Waals surface area contributed by atoms with E-state index in [1.54, 1.807) is 53.7 Å². The molecular formula is C24H24FN3O3. The Morgan fingerprint density at radius 2 is 1.90 bits per heavy atom. The Hall–Kier alpha value is -3.48. The largest absolute Gasteiger partial charge is 0.458 e. The van der Waals surface area contributed by atoms with Crippen molar-refractivity contribution in [3.8, 4) is 17.5 Å². The third-order valence-corrected chi connectivity index (χ3v) is 5.16. The first-order chi connectivity index (χ1) is 15.1. The predicted octanol–water partition coefficient (Wildman–Crippen LogP) is 4.65. The molecule has 7 heteroatoms. The number of benzene rings is 2. The number of aromatic nitrogens is 2. The first-order valence-corrected chi connectivity index (χ1v) is 10.4. The van der Waals surface area contributed by atoms with E-state index in [1.165, 1.54) is 12.1 Å². The molecule has 4 rings (SSSR count). The Morgan fingerprint density at radius 3 is 2.65 bits per heavy atom. The number of carbonyl (C=O) groups is 1. The van der Waals surface area contributed by atoms with Crippen molar-refractivity contribution in [2.45, 2.75) is 32.3 Å². The maximum absolute atomic E-state index is 13.1. The molecule has 160 valence electrons. The number of carbonyl (C=O) groups excluding carboxylic acids is 1. The van der Waals surface area contributed by atoms with Crippen LogP contribution in [0.25, 0.3) is 0 Å². The van der Waals surface area contributed by atoms with E-state index in [0.717, 1.165) is 24.8 Å². The minimum absolute atomic E-state index is 0.0832. The smallest absolute Gasteiger partial charge is 0.316 e. The van der Waals surface area contributed by atoms with E-state index < -0.39 is 0 Å². The fourth-order valence-corrected chi connectivity index (χ4v) is 3.47. The van der Waals surface area contributed by atoms with Crippen molar-refractivity contribution in [3.05, 3.63) is 77.9 Å². The van der Waals surface area contributed by atoms with E-state index in [0.29, 0.717) is 36.2 Å². The van der Waals surface area contributed by atoms with Crippen LogP contribution in [0.2, 0.25) is 0 Å². The third kappa shape index (κ3) is 5.36. The van der Waals surface area contributed by atoms with Gasteiger partial charge in [0.2, 0.25) is 0 Å². The highest BCUT2D eigenvalue weighted by Gasteiger charge is 2.26. The van der Waals surface area contributed by atoms with E-state index in [4.69, 9.17) is 9.47 Å². The summed E-state index contributed by atoms with van der Waals surface area (Å²) < 4.78 is 24.7. The summed E-state index contributed by atoms with van der Waals surface area (Å²) in [6.45, 7) is 3.18. The Balaban J connectivity index is 1.40. The lowest BCUT2D eigenvalue weighted by Gasteiger charge is -2.32. The second-order valence-electron chi connectivity index (χ2n) is 7.44. The zero-order valence-corrected chi connectivity index (χ0v) is 17.3. The van der Waals surface area contributed by atoms with Crippen LogP contribution in [0.3, 0.4) is 0 Å². The second kappa shape index (κ2) is 9.55. The van der Waals surface area contributed by atoms with Crippen LogP contribution in [0.4, 0.5) is 4.39 Å². The highest BCUT2D eigenvalue weighted by atomic mass is 19.1. The van der Waals surface area contributed by atoms with Crippen LogP contribution in [0.15, 0.2) is 60.9 Å². The molecule has 0 radical (unpaired) electrons. The zero-order chi connectivity index (χ0) is 21.6. The third-order valence-electron chi connectivity index (χ3n) is 5.16. The summed E-state index contributed by atoms with van der Waals surface area (Å²) in [7, 11) is 0. The topological polar surface area (TPSA) is 64.5 Å². The Bertz CT molecular complexity index is 1020. The van der Waals surface area contributed by atoms with Crippen molar-refractivity contribution < 1.29 is 18.7 Å². The number of hydrogen-bond acceptors (Lipinski definition) is 5. The van der Waals surface area contributed by atoms with Gasteiger partial charge in [-0.1, -0.05) is 13.0 Å². The van der Waals surface area contributed by atoms with E-state index in [2.05, 4.69) is 9.97 Å². The molecule has 2 aromatic carbocycles. The summed E-state index contributed by atoms with van der Waals surface area (Å²) in [5.74, 6) is 0.614. The monoisotopic (exact) mass is 421 g/mol. The Labute approximate surface area is 180 Å². The number of hydrogen-bond donors (Lipinski definition) is 0. The average molecular weight is 421 g/mol. The van der Waals surface area contributed by atoms with Crippen LogP contribution < -0.4 is 9.47 Å². The van der Waals surface area contributed by atoms with Crippen molar-refractivity contribution in [2.24, 2.45) is 0 Å². The summed E-state index contributed by atoms with van der Waals surface area (Å²) in [6, 6.07) is 13.1. The zero-order valence-electron chi connectivity index (χ0n) is 17.3. The molecule has 1 aliphatic heterocycles. The number of likely N-dealkylation sites (tertiary alicyclic amines) is 1. The van der Waals surface area contributed by atoms with Crippen LogP contribution in [0.1, 0.15) is 35.7 Å². The molecule has 0 bridgehead atoms. The quantitative estimate of drug-likeness (QED) is 0.580. The fourth-order valence-electron chi connectivity index (χ4n) is 3.47. The number of rotatable bonds is 6. The summed E-state index contributed by atoms with van der Waals surface area (Å²) in [5, 5.41) is 0. The fraction of sp³-hybridized carbons (Fsp3) is 0.292. The summed E-state index contributed by atoms with van der Waals surface area (Å²) in [5.41, 5.74) is 1.58. The molecule has 6 nitrogen and oxygen atoms in total. The summed E-state index contributed by atoms with van der Waals surface area (Å²) in [6.07, 6.45) is 5.94. The molecule has 0 spiro atoms. The van der Waals surface area contributed by atoms with E-state index in [-0.39, 0.29) is 17.8 Å². The van der Waals surface area contributed by atoms with Crippen molar-refractivity contribution in [3.63, 3.8) is 0 Å². The summed E-state index contributed by atoms with van der Waals surface area (Å²) >= 11 is 0. The van der Waals surface area contributed by atoms with Gasteiger partial charge in [-0.25, -0.2) is 14.4 Å². The normalized spacial score (nSPS) is 16.1. The predicted molar refractivity (Wildman–Crippen MR) is 114 cm³/mol. The van der Waals surface area contributed by atoms with Gasteiger partial charge in [-0.3, -0.25) is 4.79 Å². The average Bonchev–Trinajstić information content (AvgIpc) is 2.81. The van der Waals surface area contributed by atoms with Crippen LogP contribution in [0, 0.1) is 5.82 Å². The van der Waals surface area contributed by atoms with Gasteiger partial charge in [-0.2, -0.15) is 0 Å². The Kier molecular flexibility index (Phi) is 6.40. The molecule has 1 aromatic heterocycles. The number of piperidine rings is 1. The van der Waals surface area contributed by atoms with Crippen molar-refractivity contribution in [1.29, 1.82) is 0 Å². The van der Waals surface area contributed by atoms with Gasteiger partial charge in [0.1, 0.15) is 23.4 Å².